The summed E-state index contributed by atoms with van der Waals surface area (Å²) in [5.74, 6) is 0. The zero-order chi connectivity index (χ0) is 26.9. The van der Waals surface area contributed by atoms with Crippen molar-refractivity contribution in [2.24, 2.45) is 7.05 Å². The molecule has 0 aliphatic heterocycles. The number of hydrogen-bond acceptors (Lipinski definition) is 11. The van der Waals surface area contributed by atoms with E-state index in [2.05, 4.69) is 19.3 Å². The Labute approximate surface area is 205 Å². The second-order valence-electron chi connectivity index (χ2n) is 7.41. The Balaban J connectivity index is 2.08. The van der Waals surface area contributed by atoms with E-state index in [0.717, 1.165) is 5.69 Å². The first-order chi connectivity index (χ1) is 17.0. The molecule has 0 bridgehead atoms. The van der Waals surface area contributed by atoms with Crippen molar-refractivity contribution in [1.29, 1.82) is 0 Å². The first-order valence-corrected chi connectivity index (χ1v) is 10.9. The smallest absolute Gasteiger partial charge is 0.383 e. The van der Waals surface area contributed by atoms with Crippen LogP contribution in [0.2, 0.25) is 0 Å². The van der Waals surface area contributed by atoms with E-state index in [4.69, 9.17) is 24.1 Å². The number of aliphatic hydroxyl groups is 3. The molecule has 16 heteroatoms. The molecule has 1 aromatic rings. The van der Waals surface area contributed by atoms with Gasteiger partial charge in [-0.15, -0.1) is 0 Å². The van der Waals surface area contributed by atoms with Gasteiger partial charge >= 0.3 is 12.2 Å². The van der Waals surface area contributed by atoms with Crippen LogP contribution in [-0.2, 0) is 46.8 Å². The van der Waals surface area contributed by atoms with Crippen molar-refractivity contribution in [2.75, 3.05) is 72.9 Å². The maximum atomic E-state index is 13.6. The van der Waals surface area contributed by atoms with E-state index >= 15 is 0 Å². The summed E-state index contributed by atoms with van der Waals surface area (Å²) >= 11 is 0. The van der Waals surface area contributed by atoms with Crippen LogP contribution in [0.15, 0.2) is 12.3 Å². The number of hydrogen-bond donors (Lipinski definition) is 3. The molecule has 1 rings (SSSR count). The molecule has 36 heavy (non-hydrogen) atoms. The fourth-order valence-corrected chi connectivity index (χ4v) is 2.43. The molecule has 212 valence electrons. The van der Waals surface area contributed by atoms with Gasteiger partial charge in [0.2, 0.25) is 0 Å². The first kappa shape index (κ1) is 32.6. The van der Waals surface area contributed by atoms with E-state index in [1.165, 1.54) is 0 Å². The third-order valence-corrected chi connectivity index (χ3v) is 4.03. The summed E-state index contributed by atoms with van der Waals surface area (Å²) in [6.07, 6.45) is -9.31. The van der Waals surface area contributed by atoms with E-state index in [-0.39, 0.29) is 52.9 Å². The van der Waals surface area contributed by atoms with Crippen molar-refractivity contribution < 1.29 is 66.0 Å². The van der Waals surface area contributed by atoms with Crippen molar-refractivity contribution in [3.8, 4) is 0 Å². The fraction of sp³-hybridized carbons (Fsp3) is 0.850. The number of rotatable bonds is 23. The molecule has 0 aromatic carbocycles. The Morgan fingerprint density at radius 3 is 2.00 bits per heavy atom. The molecule has 1 heterocycles. The lowest BCUT2D eigenvalue weighted by molar-refractivity contribution is -0.396. The third-order valence-electron chi connectivity index (χ3n) is 4.03. The van der Waals surface area contributed by atoms with Crippen molar-refractivity contribution >= 4 is 0 Å². The second-order valence-corrected chi connectivity index (χ2v) is 7.41. The standard InChI is InChI=1S/C20H34F4N2O10/c1-26-16(2-3-25-26)8-33-11-18(29)12-34-13-19(21,22)36-20(23,24)14-35-15-32-7-6-31-10-17(28)9-30-5-4-27/h2-3,17-18,27-29H,4-15H2,1H3. The fourth-order valence-electron chi connectivity index (χ4n) is 2.43. The number of aliphatic hydroxyl groups excluding tert-OH is 3. The van der Waals surface area contributed by atoms with E-state index < -0.39 is 51.0 Å². The molecule has 0 aliphatic rings. The molecule has 0 amide bonds. The van der Waals surface area contributed by atoms with Gasteiger partial charge in [-0.3, -0.25) is 9.42 Å². The van der Waals surface area contributed by atoms with Gasteiger partial charge in [0, 0.05) is 13.2 Å². The average Bonchev–Trinajstić information content (AvgIpc) is 3.19. The van der Waals surface area contributed by atoms with Crippen LogP contribution in [0.25, 0.3) is 0 Å². The van der Waals surface area contributed by atoms with Crippen LogP contribution >= 0.6 is 0 Å². The first-order valence-electron chi connectivity index (χ1n) is 10.9. The number of ether oxygens (including phenoxy) is 7. The van der Waals surface area contributed by atoms with Crippen LogP contribution in [0, 0.1) is 0 Å². The van der Waals surface area contributed by atoms with Crippen molar-refractivity contribution in [1.82, 2.24) is 9.78 Å². The predicted octanol–water partition coefficient (Wildman–Crippen LogP) is -0.106. The molecule has 3 N–H and O–H groups in total. The van der Waals surface area contributed by atoms with Crippen LogP contribution in [0.1, 0.15) is 5.69 Å². The molecule has 1 aromatic heterocycles. The van der Waals surface area contributed by atoms with Crippen molar-refractivity contribution in [2.45, 2.75) is 31.0 Å². The molecular weight excluding hydrogens is 504 g/mol. The summed E-state index contributed by atoms with van der Waals surface area (Å²) in [5, 5.41) is 31.6. The minimum atomic E-state index is -4.35. The molecule has 0 fully saturated rings. The van der Waals surface area contributed by atoms with Crippen molar-refractivity contribution in [3.63, 3.8) is 0 Å². The normalized spacial score (nSPS) is 14.3. The number of alkyl halides is 4. The molecule has 0 saturated carbocycles. The topological polar surface area (TPSA) is 143 Å². The second kappa shape index (κ2) is 17.9. The molecule has 2 atom stereocenters. The highest BCUT2D eigenvalue weighted by atomic mass is 19.3. The summed E-state index contributed by atoms with van der Waals surface area (Å²) in [6, 6.07) is 1.69. The molecule has 0 saturated heterocycles. The summed E-state index contributed by atoms with van der Waals surface area (Å²) in [5.41, 5.74) is 0.725. The van der Waals surface area contributed by atoms with Gasteiger partial charge in [-0.25, -0.2) is 0 Å². The molecule has 0 spiro atoms. The lowest BCUT2D eigenvalue weighted by atomic mass is 10.4. The van der Waals surface area contributed by atoms with Crippen LogP contribution in [-0.4, -0.2) is 122 Å². The SMILES string of the molecule is Cn1nccc1COCC(O)COCC(F)(F)OC(F)(F)COCOCCOCC(O)COCCO. The summed E-state index contributed by atoms with van der Waals surface area (Å²) < 4.78 is 88.5. The summed E-state index contributed by atoms with van der Waals surface area (Å²) in [4.78, 5) is 0. The minimum Gasteiger partial charge on any atom is -0.394 e. The van der Waals surface area contributed by atoms with Crippen LogP contribution in [0.3, 0.4) is 0 Å². The highest BCUT2D eigenvalue weighted by molar-refractivity contribution is 4.97. The Morgan fingerprint density at radius 2 is 1.39 bits per heavy atom. The van der Waals surface area contributed by atoms with E-state index in [0.29, 0.717) is 0 Å². The zero-order valence-corrected chi connectivity index (χ0v) is 19.9. The van der Waals surface area contributed by atoms with Crippen LogP contribution in [0.4, 0.5) is 17.6 Å². The Kier molecular flexibility index (Phi) is 16.2. The third kappa shape index (κ3) is 16.3. The maximum absolute atomic E-state index is 13.6. The lowest BCUT2D eigenvalue weighted by Gasteiger charge is -2.24. The maximum Gasteiger partial charge on any atom is 0.383 e. The molecule has 0 aliphatic carbocycles. The highest BCUT2D eigenvalue weighted by Crippen LogP contribution is 2.27. The average molecular weight is 538 g/mol. The Bertz CT molecular complexity index is 687. The molecular formula is C20H34F4N2O10. The summed E-state index contributed by atoms with van der Waals surface area (Å²) in [7, 11) is 1.69. The molecule has 2 unspecified atom stereocenters. The largest absolute Gasteiger partial charge is 0.394 e. The zero-order valence-electron chi connectivity index (χ0n) is 19.9. The number of halogens is 4. The minimum absolute atomic E-state index is 0.00292. The van der Waals surface area contributed by atoms with Gasteiger partial charge in [-0.1, -0.05) is 0 Å². The van der Waals surface area contributed by atoms with Gasteiger partial charge in [-0.05, 0) is 6.07 Å². The van der Waals surface area contributed by atoms with Gasteiger partial charge in [0.05, 0.1) is 65.2 Å². The predicted molar refractivity (Wildman–Crippen MR) is 112 cm³/mol. The number of nitrogens with zero attached hydrogens (tertiary/aromatic N) is 2. The van der Waals surface area contributed by atoms with E-state index in [9.17, 15) is 27.8 Å². The number of aromatic nitrogens is 2. The monoisotopic (exact) mass is 538 g/mol. The van der Waals surface area contributed by atoms with Crippen LogP contribution in [0.5, 0.6) is 0 Å². The highest BCUT2D eigenvalue weighted by Gasteiger charge is 2.44. The lowest BCUT2D eigenvalue weighted by Crippen LogP contribution is -2.40. The molecule has 12 nitrogen and oxygen atoms in total. The van der Waals surface area contributed by atoms with Crippen molar-refractivity contribution in [3.05, 3.63) is 18.0 Å². The Morgan fingerprint density at radius 1 is 0.833 bits per heavy atom. The van der Waals surface area contributed by atoms with Gasteiger partial charge in [0.1, 0.15) is 32.2 Å². The van der Waals surface area contributed by atoms with Gasteiger partial charge in [-0.2, -0.15) is 22.7 Å². The summed E-state index contributed by atoms with van der Waals surface area (Å²) in [6.45, 7) is -4.63. The van der Waals surface area contributed by atoms with E-state index in [1.54, 1.807) is 24.0 Å². The van der Waals surface area contributed by atoms with Gasteiger partial charge < -0.3 is 43.7 Å². The van der Waals surface area contributed by atoms with E-state index in [1.807, 2.05) is 0 Å². The van der Waals surface area contributed by atoms with Gasteiger partial charge in [0.15, 0.2) is 0 Å². The van der Waals surface area contributed by atoms with Gasteiger partial charge in [0.25, 0.3) is 0 Å². The molecule has 0 radical (unpaired) electrons. The van der Waals surface area contributed by atoms with Crippen LogP contribution < -0.4 is 0 Å². The quantitative estimate of drug-likeness (QED) is 0.0976. The Hall–Kier alpha value is -1.47. The number of aryl methyl sites for hydroxylation is 1.